The second-order valence-electron chi connectivity index (χ2n) is 7.68. The van der Waals surface area contributed by atoms with E-state index < -0.39 is 0 Å². The largest absolute Gasteiger partial charge is 0.460 e. The van der Waals surface area contributed by atoms with E-state index in [2.05, 4.69) is 20.9 Å². The Morgan fingerprint density at radius 2 is 1.93 bits per heavy atom. The van der Waals surface area contributed by atoms with Crippen molar-refractivity contribution < 1.29 is 4.42 Å². The Kier molecular flexibility index (Phi) is 5.17. The Balaban J connectivity index is 1.27. The number of nitrogens with zero attached hydrogens (tertiary/aromatic N) is 4. The van der Waals surface area contributed by atoms with E-state index in [1.165, 1.54) is 24.1 Å². The lowest BCUT2D eigenvalue weighted by atomic mass is 10.1. The highest BCUT2D eigenvalue weighted by molar-refractivity contribution is 6.30. The summed E-state index contributed by atoms with van der Waals surface area (Å²) in [6.45, 7) is 3.50. The minimum atomic E-state index is 0.730. The van der Waals surface area contributed by atoms with Crippen LogP contribution < -0.4 is 0 Å². The molecule has 0 unspecified atom stereocenters. The van der Waals surface area contributed by atoms with Crippen molar-refractivity contribution in [1.82, 2.24) is 14.9 Å². The van der Waals surface area contributed by atoms with Gasteiger partial charge in [-0.1, -0.05) is 11.6 Å². The van der Waals surface area contributed by atoms with Crippen LogP contribution in [0.25, 0.3) is 11.3 Å². The predicted molar refractivity (Wildman–Crippen MR) is 114 cm³/mol. The zero-order valence-electron chi connectivity index (χ0n) is 16.3. The molecule has 3 aromatic rings. The lowest BCUT2D eigenvalue weighted by Gasteiger charge is -2.27. The topological polar surface area (TPSA) is 54.5 Å². The Morgan fingerprint density at radius 3 is 2.76 bits per heavy atom. The standard InChI is InChI=1S/C23H23ClN4O/c24-18-6-4-16(5-7-18)22-9-8-19(29-22)15-28-12-10-20-17(14-28)13-26-23(27-20)21-3-1-2-11-25-21/h4-9,13H,1-3,10-12,14-15H2. The molecule has 2 aliphatic rings. The summed E-state index contributed by atoms with van der Waals surface area (Å²) in [6, 6.07) is 11.8. The lowest BCUT2D eigenvalue weighted by Crippen LogP contribution is -2.31. The molecule has 0 radical (unpaired) electrons. The van der Waals surface area contributed by atoms with E-state index in [0.717, 1.165) is 72.7 Å². The lowest BCUT2D eigenvalue weighted by molar-refractivity contribution is 0.224. The molecule has 2 aromatic heterocycles. The summed E-state index contributed by atoms with van der Waals surface area (Å²) in [5.41, 5.74) is 4.49. The van der Waals surface area contributed by atoms with E-state index in [1.807, 2.05) is 36.5 Å². The van der Waals surface area contributed by atoms with Gasteiger partial charge in [-0.05, 0) is 55.7 Å². The van der Waals surface area contributed by atoms with Gasteiger partial charge in [0.15, 0.2) is 5.82 Å². The number of fused-ring (bicyclic) bond motifs is 1. The third kappa shape index (κ3) is 4.11. The van der Waals surface area contributed by atoms with Crippen LogP contribution in [0, 0.1) is 0 Å². The van der Waals surface area contributed by atoms with E-state index in [1.54, 1.807) is 0 Å². The van der Waals surface area contributed by atoms with Crippen molar-refractivity contribution in [3.63, 3.8) is 0 Å². The summed E-state index contributed by atoms with van der Waals surface area (Å²) >= 11 is 5.97. The molecule has 0 saturated carbocycles. The second-order valence-corrected chi connectivity index (χ2v) is 8.12. The monoisotopic (exact) mass is 406 g/mol. The van der Waals surface area contributed by atoms with Crippen molar-refractivity contribution in [2.45, 2.75) is 38.8 Å². The minimum absolute atomic E-state index is 0.730. The summed E-state index contributed by atoms with van der Waals surface area (Å²) in [4.78, 5) is 16.4. The smallest absolute Gasteiger partial charge is 0.173 e. The SMILES string of the molecule is Clc1ccc(-c2ccc(CN3CCc4nc(C5=NCCCC5)ncc4C3)o2)cc1. The van der Waals surface area contributed by atoms with Crippen molar-refractivity contribution >= 4 is 17.3 Å². The molecule has 4 heterocycles. The highest BCUT2D eigenvalue weighted by Gasteiger charge is 2.21. The van der Waals surface area contributed by atoms with Gasteiger partial charge >= 0.3 is 0 Å². The predicted octanol–water partition coefficient (Wildman–Crippen LogP) is 4.92. The molecule has 2 aliphatic heterocycles. The molecule has 0 fully saturated rings. The maximum absolute atomic E-state index is 6.07. The third-order valence-electron chi connectivity index (χ3n) is 5.57. The highest BCUT2D eigenvalue weighted by atomic mass is 35.5. The normalized spacial score (nSPS) is 17.1. The average Bonchev–Trinajstić information content (AvgIpc) is 3.23. The molecule has 0 atom stereocenters. The number of furan rings is 1. The fraction of sp³-hybridized carbons (Fsp3) is 0.348. The van der Waals surface area contributed by atoms with Crippen LogP contribution in [-0.4, -0.2) is 33.7 Å². The van der Waals surface area contributed by atoms with Crippen LogP contribution >= 0.6 is 11.6 Å². The number of hydrogen-bond acceptors (Lipinski definition) is 5. The van der Waals surface area contributed by atoms with Gasteiger partial charge in [0.05, 0.1) is 18.0 Å². The van der Waals surface area contributed by atoms with Crippen molar-refractivity contribution in [2.24, 2.45) is 4.99 Å². The quantitative estimate of drug-likeness (QED) is 0.617. The van der Waals surface area contributed by atoms with Crippen LogP contribution in [0.4, 0.5) is 0 Å². The van der Waals surface area contributed by atoms with Gasteiger partial charge in [0.2, 0.25) is 0 Å². The molecule has 5 nitrogen and oxygen atoms in total. The summed E-state index contributed by atoms with van der Waals surface area (Å²) in [6.07, 6.45) is 6.29. The van der Waals surface area contributed by atoms with Crippen molar-refractivity contribution in [3.8, 4) is 11.3 Å². The molecular weight excluding hydrogens is 384 g/mol. The van der Waals surface area contributed by atoms with E-state index >= 15 is 0 Å². The first-order valence-electron chi connectivity index (χ1n) is 10.2. The van der Waals surface area contributed by atoms with Crippen LogP contribution in [0.1, 0.15) is 42.1 Å². The van der Waals surface area contributed by atoms with Gasteiger partial charge < -0.3 is 4.42 Å². The molecule has 0 amide bonds. The van der Waals surface area contributed by atoms with Gasteiger partial charge in [0.25, 0.3) is 0 Å². The van der Waals surface area contributed by atoms with Gasteiger partial charge in [0, 0.05) is 48.4 Å². The first-order valence-corrected chi connectivity index (χ1v) is 10.6. The molecule has 0 bridgehead atoms. The number of aromatic nitrogens is 2. The van der Waals surface area contributed by atoms with Crippen molar-refractivity contribution in [1.29, 1.82) is 0 Å². The Bertz CT molecular complexity index is 1040. The van der Waals surface area contributed by atoms with E-state index in [4.69, 9.17) is 21.0 Å². The van der Waals surface area contributed by atoms with E-state index in [0.29, 0.717) is 0 Å². The van der Waals surface area contributed by atoms with Gasteiger partial charge in [-0.3, -0.25) is 9.89 Å². The Hall–Kier alpha value is -2.50. The third-order valence-corrected chi connectivity index (χ3v) is 5.82. The molecule has 0 spiro atoms. The zero-order valence-corrected chi connectivity index (χ0v) is 17.0. The molecule has 0 aliphatic carbocycles. The zero-order chi connectivity index (χ0) is 19.6. The first kappa shape index (κ1) is 18.5. The first-order chi connectivity index (χ1) is 14.2. The molecule has 148 valence electrons. The fourth-order valence-electron chi connectivity index (χ4n) is 3.98. The van der Waals surface area contributed by atoms with E-state index in [9.17, 15) is 0 Å². The number of rotatable bonds is 4. The van der Waals surface area contributed by atoms with Crippen LogP contribution in [0.2, 0.25) is 5.02 Å². The maximum atomic E-state index is 6.07. The highest BCUT2D eigenvalue weighted by Crippen LogP contribution is 2.26. The average molecular weight is 407 g/mol. The van der Waals surface area contributed by atoms with Crippen LogP contribution in [0.5, 0.6) is 0 Å². The van der Waals surface area contributed by atoms with Crippen molar-refractivity contribution in [3.05, 3.63) is 70.5 Å². The van der Waals surface area contributed by atoms with Gasteiger partial charge in [-0.25, -0.2) is 9.97 Å². The maximum Gasteiger partial charge on any atom is 0.173 e. The van der Waals surface area contributed by atoms with E-state index in [-0.39, 0.29) is 0 Å². The molecular formula is C23H23ClN4O. The van der Waals surface area contributed by atoms with Gasteiger partial charge in [0.1, 0.15) is 11.5 Å². The molecule has 5 rings (SSSR count). The molecule has 6 heteroatoms. The summed E-state index contributed by atoms with van der Waals surface area (Å²) in [5, 5.41) is 0.730. The molecule has 1 aromatic carbocycles. The summed E-state index contributed by atoms with van der Waals surface area (Å²) in [5.74, 6) is 2.67. The van der Waals surface area contributed by atoms with Crippen LogP contribution in [0.15, 0.2) is 52.0 Å². The summed E-state index contributed by atoms with van der Waals surface area (Å²) < 4.78 is 6.07. The Labute approximate surface area is 175 Å². The molecule has 0 N–H and O–H groups in total. The Morgan fingerprint density at radius 1 is 1.03 bits per heavy atom. The number of benzene rings is 1. The van der Waals surface area contributed by atoms with Crippen molar-refractivity contribution in [2.75, 3.05) is 13.1 Å². The fourth-order valence-corrected chi connectivity index (χ4v) is 4.11. The number of hydrogen-bond donors (Lipinski definition) is 0. The second kappa shape index (κ2) is 8.09. The molecule has 0 saturated heterocycles. The number of halogens is 1. The van der Waals surface area contributed by atoms with Crippen LogP contribution in [-0.2, 0) is 19.5 Å². The van der Waals surface area contributed by atoms with Crippen LogP contribution in [0.3, 0.4) is 0 Å². The molecule has 29 heavy (non-hydrogen) atoms. The summed E-state index contributed by atoms with van der Waals surface area (Å²) in [7, 11) is 0. The van der Waals surface area contributed by atoms with Gasteiger partial charge in [-0.15, -0.1) is 0 Å². The van der Waals surface area contributed by atoms with Gasteiger partial charge in [-0.2, -0.15) is 0 Å². The number of aliphatic imine (C=N–C) groups is 1. The minimum Gasteiger partial charge on any atom is -0.460 e.